The third-order valence-electron chi connectivity index (χ3n) is 3.87. The molecule has 1 atom stereocenters. The fourth-order valence-electron chi connectivity index (χ4n) is 2.49. The maximum absolute atomic E-state index is 13.2. The predicted molar refractivity (Wildman–Crippen MR) is 109 cm³/mol. The molecule has 0 radical (unpaired) electrons. The van der Waals surface area contributed by atoms with Crippen molar-refractivity contribution in [2.75, 3.05) is 13.2 Å². The number of ether oxygens (including phenoxy) is 2. The van der Waals surface area contributed by atoms with Gasteiger partial charge in [0.2, 0.25) is 0 Å². The third-order valence-corrected chi connectivity index (χ3v) is 5.06. The summed E-state index contributed by atoms with van der Waals surface area (Å²) in [6, 6.07) is 15.6. The minimum atomic E-state index is -0.676. The minimum Gasteiger partial charge on any atom is -0.482 e. The molecule has 5 nitrogen and oxygen atoms in total. The van der Waals surface area contributed by atoms with E-state index in [9.17, 15) is 14.0 Å². The van der Waals surface area contributed by atoms with Crippen LogP contribution in [0.1, 0.15) is 16.5 Å². The summed E-state index contributed by atoms with van der Waals surface area (Å²) in [6.07, 6.45) is 0. The summed E-state index contributed by atoms with van der Waals surface area (Å²) in [7, 11) is 0. The van der Waals surface area contributed by atoms with Crippen LogP contribution in [0.2, 0.25) is 5.02 Å². The molecule has 0 bridgehead atoms. The normalized spacial score (nSPS) is 11.5. The number of thiophene rings is 1. The van der Waals surface area contributed by atoms with Crippen molar-refractivity contribution >= 4 is 34.8 Å². The maximum atomic E-state index is 13.2. The highest BCUT2D eigenvalue weighted by atomic mass is 35.5. The highest BCUT2D eigenvalue weighted by Crippen LogP contribution is 2.26. The van der Waals surface area contributed by atoms with Gasteiger partial charge in [0, 0.05) is 9.90 Å². The molecule has 1 heterocycles. The standard InChI is InChI=1S/C21H17ClFNO4S/c22-15-5-9-17(10-6-15)27-13-20(26)28-12-19(25)24-21(18-2-1-11-29-18)14-3-7-16(23)8-4-14/h1-11,21H,12-13H2,(H,24,25). The molecule has 2 aromatic carbocycles. The number of halogens is 2. The fourth-order valence-corrected chi connectivity index (χ4v) is 3.42. The van der Waals surface area contributed by atoms with Gasteiger partial charge in [-0.2, -0.15) is 0 Å². The number of carbonyl (C=O) groups is 2. The van der Waals surface area contributed by atoms with Crippen molar-refractivity contribution in [3.05, 3.63) is 87.3 Å². The molecule has 0 saturated carbocycles. The Hall–Kier alpha value is -2.90. The second-order valence-corrected chi connectivity index (χ2v) is 7.39. The van der Waals surface area contributed by atoms with Crippen molar-refractivity contribution in [3.8, 4) is 5.75 Å². The summed E-state index contributed by atoms with van der Waals surface area (Å²) in [5.41, 5.74) is 0.722. The molecular formula is C21H17ClFNO4S. The van der Waals surface area contributed by atoms with Gasteiger partial charge in [-0.25, -0.2) is 9.18 Å². The van der Waals surface area contributed by atoms with E-state index >= 15 is 0 Å². The van der Waals surface area contributed by atoms with E-state index in [2.05, 4.69) is 5.32 Å². The van der Waals surface area contributed by atoms with Gasteiger partial charge in [-0.1, -0.05) is 29.8 Å². The van der Waals surface area contributed by atoms with E-state index in [1.165, 1.54) is 23.5 Å². The quantitative estimate of drug-likeness (QED) is 0.536. The van der Waals surface area contributed by atoms with Crippen LogP contribution in [0, 0.1) is 5.82 Å². The van der Waals surface area contributed by atoms with Gasteiger partial charge < -0.3 is 14.8 Å². The van der Waals surface area contributed by atoms with E-state index in [1.807, 2.05) is 17.5 Å². The molecule has 150 valence electrons. The van der Waals surface area contributed by atoms with E-state index in [-0.39, 0.29) is 12.4 Å². The molecule has 1 amide bonds. The minimum absolute atomic E-state index is 0.332. The van der Waals surface area contributed by atoms with Gasteiger partial charge in [-0.05, 0) is 53.4 Å². The zero-order valence-corrected chi connectivity index (χ0v) is 16.7. The Kier molecular flexibility index (Phi) is 7.21. The van der Waals surface area contributed by atoms with Crippen molar-refractivity contribution < 1.29 is 23.5 Å². The first-order chi connectivity index (χ1) is 14.0. The van der Waals surface area contributed by atoms with Gasteiger partial charge >= 0.3 is 5.97 Å². The summed E-state index contributed by atoms with van der Waals surface area (Å²) in [5, 5.41) is 5.24. The lowest BCUT2D eigenvalue weighted by atomic mass is 10.1. The van der Waals surface area contributed by atoms with E-state index in [0.717, 1.165) is 10.4 Å². The molecular weight excluding hydrogens is 417 g/mol. The Morgan fingerprint density at radius 3 is 2.41 bits per heavy atom. The van der Waals surface area contributed by atoms with Crippen LogP contribution in [-0.2, 0) is 14.3 Å². The van der Waals surface area contributed by atoms with Crippen molar-refractivity contribution in [1.82, 2.24) is 5.32 Å². The first-order valence-corrected chi connectivity index (χ1v) is 9.89. The lowest BCUT2D eigenvalue weighted by molar-refractivity contribution is -0.150. The van der Waals surface area contributed by atoms with Crippen LogP contribution < -0.4 is 10.1 Å². The smallest absolute Gasteiger partial charge is 0.344 e. The fraction of sp³-hybridized carbons (Fsp3) is 0.143. The number of carbonyl (C=O) groups excluding carboxylic acids is 2. The molecule has 8 heteroatoms. The zero-order valence-electron chi connectivity index (χ0n) is 15.1. The molecule has 0 aliphatic heterocycles. The van der Waals surface area contributed by atoms with Crippen LogP contribution >= 0.6 is 22.9 Å². The van der Waals surface area contributed by atoms with Crippen molar-refractivity contribution in [1.29, 1.82) is 0 Å². The summed E-state index contributed by atoms with van der Waals surface area (Å²) >= 11 is 7.24. The second kappa shape index (κ2) is 10.0. The van der Waals surface area contributed by atoms with Gasteiger partial charge in [-0.3, -0.25) is 4.79 Å². The molecule has 0 aliphatic rings. The van der Waals surface area contributed by atoms with E-state index in [0.29, 0.717) is 10.8 Å². The second-order valence-electron chi connectivity index (χ2n) is 5.97. The van der Waals surface area contributed by atoms with Crippen LogP contribution in [0.5, 0.6) is 5.75 Å². The van der Waals surface area contributed by atoms with Gasteiger partial charge in [-0.15, -0.1) is 11.3 Å². The molecule has 3 rings (SSSR count). The van der Waals surface area contributed by atoms with Gasteiger partial charge in [0.25, 0.3) is 5.91 Å². The summed E-state index contributed by atoms with van der Waals surface area (Å²) in [4.78, 5) is 25.0. The highest BCUT2D eigenvalue weighted by Gasteiger charge is 2.19. The number of nitrogens with one attached hydrogen (secondary N) is 1. The number of hydrogen-bond acceptors (Lipinski definition) is 5. The van der Waals surface area contributed by atoms with Crippen molar-refractivity contribution in [2.24, 2.45) is 0 Å². The number of hydrogen-bond donors (Lipinski definition) is 1. The SMILES string of the molecule is O=C(COC(=O)COc1ccc(Cl)cc1)NC(c1ccc(F)cc1)c1cccs1. The number of rotatable bonds is 8. The number of amides is 1. The Morgan fingerprint density at radius 1 is 1.03 bits per heavy atom. The molecule has 0 saturated heterocycles. The molecule has 0 fully saturated rings. The molecule has 1 aromatic heterocycles. The highest BCUT2D eigenvalue weighted by molar-refractivity contribution is 7.10. The van der Waals surface area contributed by atoms with Crippen LogP contribution in [0.25, 0.3) is 0 Å². The van der Waals surface area contributed by atoms with Gasteiger partial charge in [0.05, 0.1) is 6.04 Å². The first-order valence-electron chi connectivity index (χ1n) is 8.63. The monoisotopic (exact) mass is 433 g/mol. The molecule has 3 aromatic rings. The summed E-state index contributed by atoms with van der Waals surface area (Å²) in [6.45, 7) is -0.785. The molecule has 0 spiro atoms. The molecule has 29 heavy (non-hydrogen) atoms. The van der Waals surface area contributed by atoms with Gasteiger partial charge in [0.15, 0.2) is 13.2 Å². The summed E-state index contributed by atoms with van der Waals surface area (Å²) in [5.74, 6) is -1.05. The Balaban J connectivity index is 1.52. The van der Waals surface area contributed by atoms with Crippen LogP contribution in [0.15, 0.2) is 66.0 Å². The Bertz CT molecular complexity index is 946. The molecule has 0 aliphatic carbocycles. The van der Waals surface area contributed by atoms with E-state index in [1.54, 1.807) is 36.4 Å². The Labute approximate surface area is 176 Å². The molecule has 1 N–H and O–H groups in total. The van der Waals surface area contributed by atoms with Crippen molar-refractivity contribution in [3.63, 3.8) is 0 Å². The average molecular weight is 434 g/mol. The molecule has 1 unspecified atom stereocenters. The average Bonchev–Trinajstić information content (AvgIpc) is 3.25. The van der Waals surface area contributed by atoms with Crippen molar-refractivity contribution in [2.45, 2.75) is 6.04 Å². The van der Waals surface area contributed by atoms with Crippen LogP contribution in [0.4, 0.5) is 4.39 Å². The predicted octanol–water partition coefficient (Wildman–Crippen LogP) is 4.37. The third kappa shape index (κ3) is 6.30. The first kappa shape index (κ1) is 20.8. The lowest BCUT2D eigenvalue weighted by Crippen LogP contribution is -2.33. The topological polar surface area (TPSA) is 64.6 Å². The number of esters is 1. The largest absolute Gasteiger partial charge is 0.482 e. The number of benzene rings is 2. The summed E-state index contributed by atoms with van der Waals surface area (Å²) < 4.78 is 23.5. The zero-order chi connectivity index (χ0) is 20.6. The van der Waals surface area contributed by atoms with E-state index < -0.39 is 24.5 Å². The maximum Gasteiger partial charge on any atom is 0.344 e. The van der Waals surface area contributed by atoms with Crippen LogP contribution in [0.3, 0.4) is 0 Å². The van der Waals surface area contributed by atoms with Crippen LogP contribution in [-0.4, -0.2) is 25.1 Å². The Morgan fingerprint density at radius 2 is 1.76 bits per heavy atom. The lowest BCUT2D eigenvalue weighted by Gasteiger charge is -2.18. The van der Waals surface area contributed by atoms with E-state index in [4.69, 9.17) is 21.1 Å². The van der Waals surface area contributed by atoms with Gasteiger partial charge in [0.1, 0.15) is 11.6 Å².